The van der Waals surface area contributed by atoms with Crippen molar-refractivity contribution in [2.45, 2.75) is 57.6 Å². The van der Waals surface area contributed by atoms with Crippen LogP contribution in [0, 0.1) is 0 Å². The smallest absolute Gasteiger partial charge is 0.0837 e. The van der Waals surface area contributed by atoms with Crippen LogP contribution in [0.5, 0.6) is 0 Å². The topological polar surface area (TPSA) is 21.3 Å². The maximum Gasteiger partial charge on any atom is 0.0837 e. The van der Waals surface area contributed by atoms with E-state index in [-0.39, 0.29) is 5.60 Å². The number of hydrogen-bond donors (Lipinski definition) is 1. The molecule has 2 rings (SSSR count). The van der Waals surface area contributed by atoms with Crippen LogP contribution < -0.4 is 5.32 Å². The van der Waals surface area contributed by atoms with E-state index in [1.54, 1.807) is 0 Å². The van der Waals surface area contributed by atoms with E-state index in [0.717, 1.165) is 32.4 Å². The van der Waals surface area contributed by atoms with Crippen molar-refractivity contribution in [1.82, 2.24) is 5.32 Å². The summed E-state index contributed by atoms with van der Waals surface area (Å²) in [6.07, 6.45) is 5.71. The molecule has 0 aromatic heterocycles. The van der Waals surface area contributed by atoms with Gasteiger partial charge in [-0.05, 0) is 50.4 Å². The molecule has 1 unspecified atom stereocenters. The summed E-state index contributed by atoms with van der Waals surface area (Å²) in [5.41, 5.74) is 1.18. The molecule has 0 aliphatic heterocycles. The molecule has 0 radical (unpaired) electrons. The van der Waals surface area contributed by atoms with Crippen molar-refractivity contribution in [3.63, 3.8) is 0 Å². The van der Waals surface area contributed by atoms with E-state index >= 15 is 0 Å². The second-order valence-corrected chi connectivity index (χ2v) is 6.58. The van der Waals surface area contributed by atoms with Gasteiger partial charge in [-0.1, -0.05) is 49.0 Å². The Labute approximate surface area is 138 Å². The Morgan fingerprint density at radius 1 is 1.19 bits per heavy atom. The van der Waals surface area contributed by atoms with Gasteiger partial charge in [0.25, 0.3) is 0 Å². The highest BCUT2D eigenvalue weighted by Gasteiger charge is 2.41. The summed E-state index contributed by atoms with van der Waals surface area (Å²) < 4.78 is 6.21. The molecule has 0 amide bonds. The van der Waals surface area contributed by atoms with Crippen molar-refractivity contribution in [2.75, 3.05) is 13.2 Å². The molecule has 118 valence electrons. The minimum atomic E-state index is -0.0309. The zero-order chi connectivity index (χ0) is 15.3. The number of benzene rings is 1. The highest BCUT2D eigenvalue weighted by Crippen LogP contribution is 2.37. The van der Waals surface area contributed by atoms with Gasteiger partial charge in [-0.25, -0.2) is 0 Å². The Morgan fingerprint density at radius 3 is 2.48 bits per heavy atom. The van der Waals surface area contributed by atoms with Gasteiger partial charge in [0.05, 0.1) is 15.6 Å². The van der Waals surface area contributed by atoms with E-state index in [1.807, 2.05) is 12.1 Å². The quantitative estimate of drug-likeness (QED) is 0.771. The van der Waals surface area contributed by atoms with E-state index in [4.69, 9.17) is 27.9 Å². The van der Waals surface area contributed by atoms with Crippen molar-refractivity contribution >= 4 is 23.2 Å². The fourth-order valence-electron chi connectivity index (χ4n) is 3.45. The maximum absolute atomic E-state index is 6.21. The van der Waals surface area contributed by atoms with Crippen LogP contribution in [0.25, 0.3) is 0 Å². The minimum Gasteiger partial charge on any atom is -0.374 e. The third kappa shape index (κ3) is 4.13. The molecule has 2 nitrogen and oxygen atoms in total. The molecule has 4 heteroatoms. The number of nitrogens with one attached hydrogen (secondary N) is 1. The molecule has 1 aliphatic rings. The maximum atomic E-state index is 6.21. The van der Waals surface area contributed by atoms with Crippen LogP contribution in [0.2, 0.25) is 10.0 Å². The second kappa shape index (κ2) is 7.82. The zero-order valence-corrected chi connectivity index (χ0v) is 14.4. The molecule has 0 bridgehead atoms. The van der Waals surface area contributed by atoms with Gasteiger partial charge < -0.3 is 10.1 Å². The lowest BCUT2D eigenvalue weighted by Gasteiger charge is -2.38. The minimum absolute atomic E-state index is 0.0309. The lowest BCUT2D eigenvalue weighted by molar-refractivity contribution is -0.0609. The van der Waals surface area contributed by atoms with Crippen molar-refractivity contribution in [2.24, 2.45) is 0 Å². The molecule has 1 aromatic rings. The monoisotopic (exact) mass is 329 g/mol. The summed E-state index contributed by atoms with van der Waals surface area (Å²) in [6.45, 7) is 5.95. The number of hydrogen-bond acceptors (Lipinski definition) is 2. The molecule has 1 N–H and O–H groups in total. The van der Waals surface area contributed by atoms with Crippen LogP contribution in [-0.4, -0.2) is 24.8 Å². The van der Waals surface area contributed by atoms with E-state index < -0.39 is 0 Å². The SMILES string of the molecule is CCNC(Cc1ccc(Cl)c(Cl)c1)C1(OCC)CCCC1. The molecule has 1 atom stereocenters. The molecule has 0 saturated heterocycles. The Balaban J connectivity index is 2.19. The predicted molar refractivity (Wildman–Crippen MR) is 90.5 cm³/mol. The largest absolute Gasteiger partial charge is 0.374 e. The van der Waals surface area contributed by atoms with Crippen LogP contribution >= 0.6 is 23.2 Å². The first-order valence-electron chi connectivity index (χ1n) is 7.92. The Hall–Kier alpha value is -0.280. The zero-order valence-electron chi connectivity index (χ0n) is 12.9. The van der Waals surface area contributed by atoms with E-state index in [1.165, 1.54) is 18.4 Å². The normalized spacial score (nSPS) is 18.9. The third-order valence-electron chi connectivity index (χ3n) is 4.39. The van der Waals surface area contributed by atoms with Crippen LogP contribution in [0.1, 0.15) is 45.1 Å². The van der Waals surface area contributed by atoms with Gasteiger partial charge in [-0.2, -0.15) is 0 Å². The van der Waals surface area contributed by atoms with Gasteiger partial charge in [0.1, 0.15) is 0 Å². The first-order valence-corrected chi connectivity index (χ1v) is 8.68. The Bertz CT molecular complexity index is 458. The van der Waals surface area contributed by atoms with Gasteiger partial charge in [-0.3, -0.25) is 0 Å². The van der Waals surface area contributed by atoms with Gasteiger partial charge in [0, 0.05) is 12.6 Å². The van der Waals surface area contributed by atoms with E-state index in [2.05, 4.69) is 25.2 Å². The van der Waals surface area contributed by atoms with E-state index in [0.29, 0.717) is 16.1 Å². The second-order valence-electron chi connectivity index (χ2n) is 5.77. The molecule has 0 heterocycles. The van der Waals surface area contributed by atoms with E-state index in [9.17, 15) is 0 Å². The summed E-state index contributed by atoms with van der Waals surface area (Å²) >= 11 is 12.2. The van der Waals surface area contributed by atoms with Crippen LogP contribution in [0.15, 0.2) is 18.2 Å². The summed E-state index contributed by atoms with van der Waals surface area (Å²) in [6, 6.07) is 6.24. The number of ether oxygens (including phenoxy) is 1. The van der Waals surface area contributed by atoms with Crippen molar-refractivity contribution in [1.29, 1.82) is 0 Å². The van der Waals surface area contributed by atoms with Gasteiger partial charge in [-0.15, -0.1) is 0 Å². The molecule has 1 aromatic carbocycles. The Kier molecular flexibility index (Phi) is 6.36. The van der Waals surface area contributed by atoms with Crippen LogP contribution in [-0.2, 0) is 11.2 Å². The molecular formula is C17H25Cl2NO. The average Bonchev–Trinajstić information content (AvgIpc) is 2.92. The van der Waals surface area contributed by atoms with Crippen molar-refractivity contribution in [3.8, 4) is 0 Å². The molecule has 1 saturated carbocycles. The van der Waals surface area contributed by atoms with Crippen LogP contribution in [0.4, 0.5) is 0 Å². The fourth-order valence-corrected chi connectivity index (χ4v) is 3.77. The predicted octanol–water partition coefficient (Wildman–Crippen LogP) is 4.86. The Morgan fingerprint density at radius 2 is 1.90 bits per heavy atom. The lowest BCUT2D eigenvalue weighted by Crippen LogP contribution is -2.52. The molecule has 1 fully saturated rings. The summed E-state index contributed by atoms with van der Waals surface area (Å²) in [5, 5.41) is 4.87. The highest BCUT2D eigenvalue weighted by molar-refractivity contribution is 6.42. The summed E-state index contributed by atoms with van der Waals surface area (Å²) in [5.74, 6) is 0. The fraction of sp³-hybridized carbons (Fsp3) is 0.647. The van der Waals surface area contributed by atoms with Crippen LogP contribution in [0.3, 0.4) is 0 Å². The lowest BCUT2D eigenvalue weighted by atomic mass is 9.87. The first-order chi connectivity index (χ1) is 10.1. The standard InChI is InChI=1S/C17H25Cl2NO/c1-3-20-16(17(21-4-2)9-5-6-10-17)12-13-7-8-14(18)15(19)11-13/h7-8,11,16,20H,3-6,9-10,12H2,1-2H3. The summed E-state index contributed by atoms with van der Waals surface area (Å²) in [7, 11) is 0. The average molecular weight is 330 g/mol. The highest BCUT2D eigenvalue weighted by atomic mass is 35.5. The molecule has 0 spiro atoms. The molecule has 1 aliphatic carbocycles. The van der Waals surface area contributed by atoms with Gasteiger partial charge in [0.2, 0.25) is 0 Å². The van der Waals surface area contributed by atoms with Crippen molar-refractivity contribution in [3.05, 3.63) is 33.8 Å². The van der Waals surface area contributed by atoms with Crippen molar-refractivity contribution < 1.29 is 4.74 Å². The van der Waals surface area contributed by atoms with Gasteiger partial charge >= 0.3 is 0 Å². The first kappa shape index (κ1) is 17.1. The molecule has 21 heavy (non-hydrogen) atoms. The number of likely N-dealkylation sites (N-methyl/N-ethyl adjacent to an activating group) is 1. The number of halogens is 2. The molecular weight excluding hydrogens is 305 g/mol. The third-order valence-corrected chi connectivity index (χ3v) is 5.13. The number of rotatable bonds is 7. The summed E-state index contributed by atoms with van der Waals surface area (Å²) in [4.78, 5) is 0. The van der Waals surface area contributed by atoms with Gasteiger partial charge in [0.15, 0.2) is 0 Å².